The van der Waals surface area contributed by atoms with Crippen molar-refractivity contribution >= 4 is 17.7 Å². The highest BCUT2D eigenvalue weighted by Gasteiger charge is 2.35. The highest BCUT2D eigenvalue weighted by atomic mass is 16.5. The van der Waals surface area contributed by atoms with Gasteiger partial charge in [0.15, 0.2) is 6.61 Å². The second-order valence-electron chi connectivity index (χ2n) is 8.98. The molecular weight excluding hydrogens is 462 g/mol. The van der Waals surface area contributed by atoms with Crippen LogP contribution in [0.5, 0.6) is 11.5 Å². The van der Waals surface area contributed by atoms with Gasteiger partial charge in [-0.1, -0.05) is 18.2 Å². The van der Waals surface area contributed by atoms with Gasteiger partial charge in [-0.3, -0.25) is 14.4 Å². The van der Waals surface area contributed by atoms with E-state index in [-0.39, 0.29) is 37.0 Å². The van der Waals surface area contributed by atoms with Gasteiger partial charge in [0.2, 0.25) is 0 Å². The van der Waals surface area contributed by atoms with Gasteiger partial charge in [0, 0.05) is 31.6 Å². The summed E-state index contributed by atoms with van der Waals surface area (Å²) in [5.74, 6) is 0.364. The number of nitrogens with zero attached hydrogens (tertiary/aromatic N) is 1. The third kappa shape index (κ3) is 5.19. The Labute approximate surface area is 208 Å². The summed E-state index contributed by atoms with van der Waals surface area (Å²) in [7, 11) is 0. The minimum Gasteiger partial charge on any atom is -0.488 e. The molecule has 2 aromatic carbocycles. The third-order valence-electron chi connectivity index (χ3n) is 6.43. The van der Waals surface area contributed by atoms with Crippen LogP contribution in [-0.4, -0.2) is 54.5 Å². The quantitative estimate of drug-likeness (QED) is 0.544. The first-order chi connectivity index (χ1) is 17.5. The van der Waals surface area contributed by atoms with Gasteiger partial charge in [0.25, 0.3) is 17.7 Å². The number of likely N-dealkylation sites (tertiary alicyclic amines) is 1. The van der Waals surface area contributed by atoms with Crippen molar-refractivity contribution < 1.29 is 28.3 Å². The Morgan fingerprint density at radius 3 is 2.69 bits per heavy atom. The van der Waals surface area contributed by atoms with Crippen LogP contribution < -0.4 is 20.1 Å². The number of hydrogen-bond acceptors (Lipinski definition) is 6. The average Bonchev–Trinajstić information content (AvgIpc) is 3.43. The molecule has 0 saturated carbocycles. The van der Waals surface area contributed by atoms with Crippen LogP contribution in [0.4, 0.5) is 0 Å². The maximum absolute atomic E-state index is 13.3. The van der Waals surface area contributed by atoms with Crippen molar-refractivity contribution in [2.24, 2.45) is 0 Å². The summed E-state index contributed by atoms with van der Waals surface area (Å²) < 4.78 is 17.1. The second kappa shape index (κ2) is 10.2. The number of benzene rings is 2. The van der Waals surface area contributed by atoms with E-state index < -0.39 is 6.04 Å². The zero-order valence-electron chi connectivity index (χ0n) is 19.9. The maximum Gasteiger partial charge on any atom is 0.258 e. The first kappa shape index (κ1) is 23.5. The number of carbonyl (C=O) groups excluding carboxylic acids is 3. The van der Waals surface area contributed by atoms with Gasteiger partial charge in [-0.15, -0.1) is 0 Å². The topological polar surface area (TPSA) is 110 Å². The van der Waals surface area contributed by atoms with Crippen molar-refractivity contribution in [3.63, 3.8) is 0 Å². The molecule has 4 bridgehead atoms. The van der Waals surface area contributed by atoms with E-state index in [1.165, 1.54) is 12.5 Å². The lowest BCUT2D eigenvalue weighted by Crippen LogP contribution is -2.58. The summed E-state index contributed by atoms with van der Waals surface area (Å²) in [6.45, 7) is 2.81. The highest BCUT2D eigenvalue weighted by molar-refractivity contribution is 5.96. The molecule has 1 aromatic heterocycles. The van der Waals surface area contributed by atoms with Gasteiger partial charge in [-0.2, -0.15) is 0 Å². The van der Waals surface area contributed by atoms with Crippen LogP contribution in [0.3, 0.4) is 0 Å². The molecule has 3 aromatic rings. The first-order valence-corrected chi connectivity index (χ1v) is 11.8. The molecule has 4 heterocycles. The number of hydrogen-bond donors (Lipinski definition) is 2. The number of fused-ring (bicyclic) bond motifs is 7. The van der Waals surface area contributed by atoms with E-state index in [2.05, 4.69) is 10.6 Å². The van der Waals surface area contributed by atoms with Crippen LogP contribution in [0.1, 0.15) is 38.3 Å². The van der Waals surface area contributed by atoms with Gasteiger partial charge in [-0.25, -0.2) is 0 Å². The van der Waals surface area contributed by atoms with Crippen LogP contribution >= 0.6 is 0 Å². The fourth-order valence-corrected chi connectivity index (χ4v) is 4.37. The summed E-state index contributed by atoms with van der Waals surface area (Å²) in [4.78, 5) is 40.2. The van der Waals surface area contributed by atoms with Gasteiger partial charge >= 0.3 is 0 Å². The van der Waals surface area contributed by atoms with E-state index in [4.69, 9.17) is 13.9 Å². The van der Waals surface area contributed by atoms with Gasteiger partial charge in [0.1, 0.15) is 23.9 Å². The maximum atomic E-state index is 13.3. The van der Waals surface area contributed by atoms with Gasteiger partial charge < -0.3 is 29.4 Å². The van der Waals surface area contributed by atoms with Crippen LogP contribution in [0, 0.1) is 6.92 Å². The van der Waals surface area contributed by atoms with E-state index in [0.29, 0.717) is 42.1 Å². The van der Waals surface area contributed by atoms with E-state index in [9.17, 15) is 14.4 Å². The largest absolute Gasteiger partial charge is 0.488 e. The minimum atomic E-state index is -0.452. The Morgan fingerprint density at radius 2 is 1.92 bits per heavy atom. The number of rotatable bonds is 1. The number of piperidine rings is 1. The van der Waals surface area contributed by atoms with Crippen molar-refractivity contribution in [1.82, 2.24) is 15.5 Å². The second-order valence-corrected chi connectivity index (χ2v) is 8.98. The van der Waals surface area contributed by atoms with Gasteiger partial charge in [0.05, 0.1) is 17.9 Å². The molecule has 2 atom stereocenters. The van der Waals surface area contributed by atoms with Crippen LogP contribution in [0.15, 0.2) is 65.5 Å². The van der Waals surface area contributed by atoms with Crippen molar-refractivity contribution in [3.05, 3.63) is 83.3 Å². The number of carbonyl (C=O) groups is 3. The number of nitrogens with one attached hydrogen (secondary N) is 2. The zero-order chi connectivity index (χ0) is 25.1. The molecule has 0 aliphatic carbocycles. The van der Waals surface area contributed by atoms with Crippen LogP contribution in [0.2, 0.25) is 0 Å². The number of furan rings is 1. The molecule has 2 N–H and O–H groups in total. The Morgan fingerprint density at radius 1 is 1.08 bits per heavy atom. The van der Waals surface area contributed by atoms with Crippen molar-refractivity contribution in [3.8, 4) is 11.5 Å². The predicted molar refractivity (Wildman–Crippen MR) is 130 cm³/mol. The Kier molecular flexibility index (Phi) is 6.62. The SMILES string of the molecule is Cc1ccc2cc1OCC(=O)NCc1ccc(cc1)O[C@H]1CCN(C(=O)c3ccoc3)C[C@@H]1NC2=O. The lowest BCUT2D eigenvalue weighted by atomic mass is 10.00. The van der Waals surface area contributed by atoms with Crippen molar-refractivity contribution in [1.29, 1.82) is 0 Å². The fourth-order valence-electron chi connectivity index (χ4n) is 4.37. The normalized spacial score (nSPS) is 20.3. The van der Waals surface area contributed by atoms with Crippen LogP contribution in [-0.2, 0) is 11.3 Å². The third-order valence-corrected chi connectivity index (χ3v) is 6.43. The Hall–Kier alpha value is -4.27. The van der Waals surface area contributed by atoms with Crippen molar-refractivity contribution in [2.45, 2.75) is 32.0 Å². The highest BCUT2D eigenvalue weighted by Crippen LogP contribution is 2.24. The number of aryl methyl sites for hydroxylation is 1. The molecule has 3 aliphatic rings. The molecular formula is C27H27N3O6. The summed E-state index contributed by atoms with van der Waals surface area (Å²) in [5.41, 5.74) is 2.58. The monoisotopic (exact) mass is 489 g/mol. The fraction of sp³-hybridized carbons (Fsp3) is 0.296. The Bertz CT molecular complexity index is 1260. The lowest BCUT2D eigenvalue weighted by molar-refractivity contribution is -0.123. The number of ether oxygens (including phenoxy) is 2. The first-order valence-electron chi connectivity index (χ1n) is 11.8. The molecule has 36 heavy (non-hydrogen) atoms. The molecule has 9 nitrogen and oxygen atoms in total. The molecule has 3 amide bonds. The predicted octanol–water partition coefficient (Wildman–Crippen LogP) is 2.69. The molecule has 6 rings (SSSR count). The van der Waals surface area contributed by atoms with Crippen molar-refractivity contribution in [2.75, 3.05) is 19.7 Å². The summed E-state index contributed by atoms with van der Waals surface area (Å²) in [5, 5.41) is 5.89. The lowest BCUT2D eigenvalue weighted by Gasteiger charge is -2.38. The van der Waals surface area contributed by atoms with Gasteiger partial charge in [-0.05, 0) is 48.4 Å². The van der Waals surface area contributed by atoms with Crippen LogP contribution in [0.25, 0.3) is 0 Å². The summed E-state index contributed by atoms with van der Waals surface area (Å²) in [6.07, 6.45) is 3.07. The molecule has 1 fully saturated rings. The molecule has 0 spiro atoms. The molecule has 0 radical (unpaired) electrons. The molecule has 186 valence electrons. The molecule has 0 unspecified atom stereocenters. The average molecular weight is 490 g/mol. The molecule has 1 saturated heterocycles. The Balaban J connectivity index is 1.44. The standard InChI is InChI=1S/C27H27N3O6/c1-17-2-5-19-12-24(17)35-16-25(31)28-13-18-3-6-21(7-4-18)36-23-8-10-30(14-22(23)29-26(19)32)27(33)20-9-11-34-15-20/h2-7,9,11-12,15,22-23H,8,10,13-14,16H2,1H3,(H,28,31)(H,29,32)/t22-,23-/m0/s1. The zero-order valence-corrected chi connectivity index (χ0v) is 19.9. The number of amides is 3. The van der Waals surface area contributed by atoms with E-state index in [1.54, 1.807) is 29.2 Å². The smallest absolute Gasteiger partial charge is 0.258 e. The van der Waals surface area contributed by atoms with E-state index in [1.807, 2.05) is 31.2 Å². The summed E-state index contributed by atoms with van der Waals surface area (Å²) >= 11 is 0. The van der Waals surface area contributed by atoms with E-state index in [0.717, 1.165) is 11.1 Å². The molecule has 3 aliphatic heterocycles. The molecule has 9 heteroatoms. The van der Waals surface area contributed by atoms with E-state index >= 15 is 0 Å². The minimum absolute atomic E-state index is 0.160. The summed E-state index contributed by atoms with van der Waals surface area (Å²) in [6, 6.07) is 13.7.